The van der Waals surface area contributed by atoms with Gasteiger partial charge in [-0.3, -0.25) is 4.68 Å². The van der Waals surface area contributed by atoms with Crippen LogP contribution in [0.3, 0.4) is 0 Å². The predicted molar refractivity (Wildman–Crippen MR) is 73.7 cm³/mol. The van der Waals surface area contributed by atoms with Gasteiger partial charge in [-0.25, -0.2) is 0 Å². The Morgan fingerprint density at radius 2 is 1.94 bits per heavy atom. The standard InChI is InChI=1S/C13H24ClN3/c1-10(2)15-8-6-5-7-9-17-12(4)13(14)11(3)16-17/h10,15H,5-9H2,1-4H3. The highest BCUT2D eigenvalue weighted by Gasteiger charge is 2.07. The molecule has 1 aromatic heterocycles. The van der Waals surface area contributed by atoms with E-state index in [4.69, 9.17) is 11.6 Å². The molecule has 0 aliphatic heterocycles. The number of aromatic nitrogens is 2. The number of halogens is 1. The molecule has 0 aromatic carbocycles. The zero-order valence-corrected chi connectivity index (χ0v) is 12.1. The summed E-state index contributed by atoms with van der Waals surface area (Å²) in [6.45, 7) is 10.4. The molecule has 0 amide bonds. The summed E-state index contributed by atoms with van der Waals surface area (Å²) in [5.74, 6) is 0. The molecular weight excluding hydrogens is 234 g/mol. The third kappa shape index (κ3) is 4.68. The van der Waals surface area contributed by atoms with Crippen molar-refractivity contribution in [2.45, 2.75) is 59.5 Å². The van der Waals surface area contributed by atoms with Crippen LogP contribution >= 0.6 is 11.6 Å². The lowest BCUT2D eigenvalue weighted by Crippen LogP contribution is -2.23. The summed E-state index contributed by atoms with van der Waals surface area (Å²) in [7, 11) is 0. The summed E-state index contributed by atoms with van der Waals surface area (Å²) in [5.41, 5.74) is 2.02. The van der Waals surface area contributed by atoms with Gasteiger partial charge in [-0.15, -0.1) is 0 Å². The number of unbranched alkanes of at least 4 members (excludes halogenated alkanes) is 2. The topological polar surface area (TPSA) is 29.9 Å². The first kappa shape index (κ1) is 14.5. The van der Waals surface area contributed by atoms with Crippen molar-refractivity contribution in [1.29, 1.82) is 0 Å². The second-order valence-electron chi connectivity index (χ2n) is 4.88. The number of nitrogens with zero attached hydrogens (tertiary/aromatic N) is 2. The molecule has 4 heteroatoms. The summed E-state index contributed by atoms with van der Waals surface area (Å²) >= 11 is 6.10. The van der Waals surface area contributed by atoms with E-state index >= 15 is 0 Å². The maximum Gasteiger partial charge on any atom is 0.0844 e. The van der Waals surface area contributed by atoms with E-state index in [1.807, 2.05) is 18.5 Å². The van der Waals surface area contributed by atoms with Crippen LogP contribution in [0.25, 0.3) is 0 Å². The highest BCUT2D eigenvalue weighted by atomic mass is 35.5. The highest BCUT2D eigenvalue weighted by molar-refractivity contribution is 6.31. The van der Waals surface area contributed by atoms with Crippen molar-refractivity contribution in [3.63, 3.8) is 0 Å². The summed E-state index contributed by atoms with van der Waals surface area (Å²) in [6, 6.07) is 0.588. The van der Waals surface area contributed by atoms with Crippen LogP contribution in [0.1, 0.15) is 44.5 Å². The molecule has 1 heterocycles. The minimum atomic E-state index is 0.588. The summed E-state index contributed by atoms with van der Waals surface area (Å²) < 4.78 is 2.02. The largest absolute Gasteiger partial charge is 0.315 e. The quantitative estimate of drug-likeness (QED) is 0.760. The maximum absolute atomic E-state index is 6.10. The van der Waals surface area contributed by atoms with Gasteiger partial charge >= 0.3 is 0 Å². The molecule has 1 aromatic rings. The Bertz CT molecular complexity index is 345. The number of hydrogen-bond donors (Lipinski definition) is 1. The van der Waals surface area contributed by atoms with Crippen LogP contribution in [0.4, 0.5) is 0 Å². The fraction of sp³-hybridized carbons (Fsp3) is 0.769. The third-order valence-electron chi connectivity index (χ3n) is 2.89. The molecule has 0 atom stereocenters. The monoisotopic (exact) mass is 257 g/mol. The lowest BCUT2D eigenvalue weighted by molar-refractivity contribution is 0.505. The second-order valence-corrected chi connectivity index (χ2v) is 5.26. The summed E-state index contributed by atoms with van der Waals surface area (Å²) in [5, 5.41) is 8.66. The van der Waals surface area contributed by atoms with Gasteiger partial charge in [-0.05, 0) is 33.2 Å². The molecule has 1 rings (SSSR count). The van der Waals surface area contributed by atoms with Crippen LogP contribution in [0, 0.1) is 13.8 Å². The molecule has 0 aliphatic rings. The number of hydrogen-bond acceptors (Lipinski definition) is 2. The lowest BCUT2D eigenvalue weighted by atomic mass is 10.2. The zero-order valence-electron chi connectivity index (χ0n) is 11.4. The van der Waals surface area contributed by atoms with E-state index in [0.29, 0.717) is 6.04 Å². The minimum Gasteiger partial charge on any atom is -0.315 e. The summed E-state index contributed by atoms with van der Waals surface area (Å²) in [6.07, 6.45) is 3.62. The van der Waals surface area contributed by atoms with Gasteiger partial charge in [0.25, 0.3) is 0 Å². The van der Waals surface area contributed by atoms with E-state index in [0.717, 1.165) is 35.9 Å². The smallest absolute Gasteiger partial charge is 0.0844 e. The van der Waals surface area contributed by atoms with Gasteiger partial charge in [-0.1, -0.05) is 31.9 Å². The van der Waals surface area contributed by atoms with Gasteiger partial charge in [0.05, 0.1) is 16.4 Å². The number of aryl methyl sites for hydroxylation is 2. The van der Waals surface area contributed by atoms with Gasteiger partial charge in [0, 0.05) is 12.6 Å². The third-order valence-corrected chi connectivity index (χ3v) is 3.44. The Balaban J connectivity index is 2.20. The second kappa shape index (κ2) is 7.02. The van der Waals surface area contributed by atoms with E-state index in [-0.39, 0.29) is 0 Å². The van der Waals surface area contributed by atoms with E-state index in [9.17, 15) is 0 Å². The van der Waals surface area contributed by atoms with Gasteiger partial charge in [0.15, 0.2) is 0 Å². The van der Waals surface area contributed by atoms with E-state index < -0.39 is 0 Å². The predicted octanol–water partition coefficient (Wildman–Crippen LogP) is 3.32. The molecule has 3 nitrogen and oxygen atoms in total. The average Bonchev–Trinajstić information content (AvgIpc) is 2.51. The molecule has 0 aliphatic carbocycles. The van der Waals surface area contributed by atoms with Crippen LogP contribution in [0.15, 0.2) is 0 Å². The molecule has 0 fully saturated rings. The van der Waals surface area contributed by atoms with Crippen LogP contribution in [-0.2, 0) is 6.54 Å². The molecule has 1 N–H and O–H groups in total. The fourth-order valence-electron chi connectivity index (χ4n) is 1.85. The molecular formula is C13H24ClN3. The van der Waals surface area contributed by atoms with E-state index in [1.54, 1.807) is 0 Å². The summed E-state index contributed by atoms with van der Waals surface area (Å²) in [4.78, 5) is 0. The van der Waals surface area contributed by atoms with E-state index in [2.05, 4.69) is 24.3 Å². The van der Waals surface area contributed by atoms with Crippen molar-refractivity contribution >= 4 is 11.6 Å². The first-order chi connectivity index (χ1) is 8.02. The van der Waals surface area contributed by atoms with Crippen molar-refractivity contribution in [3.8, 4) is 0 Å². The molecule has 0 unspecified atom stereocenters. The van der Waals surface area contributed by atoms with Crippen molar-refractivity contribution < 1.29 is 0 Å². The van der Waals surface area contributed by atoms with E-state index in [1.165, 1.54) is 12.8 Å². The Kier molecular flexibility index (Phi) is 6.00. The molecule has 0 saturated heterocycles. The first-order valence-electron chi connectivity index (χ1n) is 6.45. The van der Waals surface area contributed by atoms with Crippen LogP contribution in [-0.4, -0.2) is 22.4 Å². The lowest BCUT2D eigenvalue weighted by Gasteiger charge is -2.08. The SMILES string of the molecule is Cc1nn(CCCCCNC(C)C)c(C)c1Cl. The maximum atomic E-state index is 6.10. The van der Waals surface area contributed by atoms with Crippen molar-refractivity contribution in [2.24, 2.45) is 0 Å². The molecule has 0 saturated carbocycles. The number of rotatable bonds is 7. The van der Waals surface area contributed by atoms with Crippen molar-refractivity contribution in [1.82, 2.24) is 15.1 Å². The minimum absolute atomic E-state index is 0.588. The average molecular weight is 258 g/mol. The normalized spacial score (nSPS) is 11.4. The van der Waals surface area contributed by atoms with Gasteiger partial charge in [-0.2, -0.15) is 5.10 Å². The van der Waals surface area contributed by atoms with Crippen LogP contribution in [0.5, 0.6) is 0 Å². The Hall–Kier alpha value is -0.540. The zero-order chi connectivity index (χ0) is 12.8. The Morgan fingerprint density at radius 3 is 2.47 bits per heavy atom. The Labute approximate surface area is 110 Å². The fourth-order valence-corrected chi connectivity index (χ4v) is 1.98. The first-order valence-corrected chi connectivity index (χ1v) is 6.83. The van der Waals surface area contributed by atoms with Gasteiger partial charge in [0.2, 0.25) is 0 Å². The molecule has 17 heavy (non-hydrogen) atoms. The van der Waals surface area contributed by atoms with Crippen LogP contribution in [0.2, 0.25) is 5.02 Å². The molecule has 0 bridgehead atoms. The van der Waals surface area contributed by atoms with Gasteiger partial charge < -0.3 is 5.32 Å². The molecule has 98 valence electrons. The molecule has 0 spiro atoms. The van der Waals surface area contributed by atoms with Crippen LogP contribution < -0.4 is 5.32 Å². The number of nitrogens with one attached hydrogen (secondary N) is 1. The van der Waals surface area contributed by atoms with Gasteiger partial charge in [0.1, 0.15) is 0 Å². The van der Waals surface area contributed by atoms with Crippen molar-refractivity contribution in [3.05, 3.63) is 16.4 Å². The molecule has 0 radical (unpaired) electrons. The highest BCUT2D eigenvalue weighted by Crippen LogP contribution is 2.19. The Morgan fingerprint density at radius 1 is 1.24 bits per heavy atom. The van der Waals surface area contributed by atoms with Crippen molar-refractivity contribution in [2.75, 3.05) is 6.54 Å².